The third-order valence-corrected chi connectivity index (χ3v) is 5.52. The molecule has 1 amide bonds. The van der Waals surface area contributed by atoms with E-state index in [9.17, 15) is 9.59 Å². The molecule has 1 N–H and O–H groups in total. The summed E-state index contributed by atoms with van der Waals surface area (Å²) in [6.07, 6.45) is 1.84. The molecule has 0 saturated heterocycles. The van der Waals surface area contributed by atoms with Crippen LogP contribution in [0.4, 0.5) is 5.69 Å². The van der Waals surface area contributed by atoms with Crippen LogP contribution in [0, 0.1) is 6.92 Å². The molecule has 0 saturated carbocycles. The van der Waals surface area contributed by atoms with Crippen LogP contribution in [0.25, 0.3) is 22.2 Å². The molecule has 0 unspecified atom stereocenters. The topological polar surface area (TPSA) is 68.9 Å². The number of aromatic nitrogens is 3. The van der Waals surface area contributed by atoms with E-state index in [1.807, 2.05) is 79.9 Å². The summed E-state index contributed by atoms with van der Waals surface area (Å²) in [5.74, 6) is -0.291. The lowest BCUT2D eigenvalue weighted by Crippen LogP contribution is -2.26. The smallest absolute Gasteiger partial charge is 0.278 e. The SMILES string of the molecule is Cc1ccc(NC(=O)Cn2nc3c4ccccc4n(Cc4ccccc4)cc-3c2=O)cc1. The summed E-state index contributed by atoms with van der Waals surface area (Å²) in [5, 5.41) is 8.23. The Bertz CT molecular complexity index is 1430. The van der Waals surface area contributed by atoms with Gasteiger partial charge < -0.3 is 9.88 Å². The normalized spacial score (nSPS) is 11.2. The molecule has 3 aromatic rings. The van der Waals surface area contributed by atoms with E-state index in [0.29, 0.717) is 23.5 Å². The molecule has 5 rings (SSSR count). The summed E-state index contributed by atoms with van der Waals surface area (Å²) >= 11 is 0. The van der Waals surface area contributed by atoms with Crippen LogP contribution in [-0.4, -0.2) is 20.3 Å². The number of benzene rings is 3. The molecule has 0 spiro atoms. The molecule has 2 heterocycles. The minimum absolute atomic E-state index is 0.144. The van der Waals surface area contributed by atoms with Gasteiger partial charge in [-0.25, -0.2) is 4.68 Å². The first-order valence-electron chi connectivity index (χ1n) is 10.5. The third-order valence-electron chi connectivity index (χ3n) is 5.52. The van der Waals surface area contributed by atoms with Gasteiger partial charge in [-0.2, -0.15) is 5.10 Å². The fourth-order valence-electron chi connectivity index (χ4n) is 3.92. The molecule has 0 aromatic heterocycles. The van der Waals surface area contributed by atoms with Crippen molar-refractivity contribution in [3.8, 4) is 11.3 Å². The largest absolute Gasteiger partial charge is 0.342 e. The highest BCUT2D eigenvalue weighted by atomic mass is 16.2. The van der Waals surface area contributed by atoms with Gasteiger partial charge in [0.25, 0.3) is 5.56 Å². The summed E-state index contributed by atoms with van der Waals surface area (Å²) in [6.45, 7) is 2.48. The highest BCUT2D eigenvalue weighted by Crippen LogP contribution is 2.27. The standard InChI is InChI=1S/C26H22N4O2/c1-18-11-13-20(14-12-18)27-24(31)17-30-26(32)22-16-29(15-19-7-3-2-4-8-19)23-10-6-5-9-21(23)25(22)28-30/h2-14,16H,15,17H2,1H3,(H,27,31). The molecule has 0 radical (unpaired) electrons. The number of nitrogens with zero attached hydrogens (tertiary/aromatic N) is 3. The highest BCUT2D eigenvalue weighted by Gasteiger charge is 2.21. The third kappa shape index (κ3) is 3.78. The minimum atomic E-state index is -0.291. The Morgan fingerprint density at radius 2 is 1.66 bits per heavy atom. The number of hydrogen-bond acceptors (Lipinski definition) is 3. The van der Waals surface area contributed by atoms with E-state index in [1.165, 1.54) is 4.68 Å². The summed E-state index contributed by atoms with van der Waals surface area (Å²) < 4.78 is 3.31. The van der Waals surface area contributed by atoms with Crippen molar-refractivity contribution in [2.75, 3.05) is 5.32 Å². The lowest BCUT2D eigenvalue weighted by molar-refractivity contribution is -0.116. The molecule has 6 nitrogen and oxygen atoms in total. The molecule has 3 aromatic carbocycles. The molecule has 0 bridgehead atoms. The van der Waals surface area contributed by atoms with Gasteiger partial charge in [0.2, 0.25) is 5.91 Å². The molecule has 6 heteroatoms. The average Bonchev–Trinajstić information content (AvgIpc) is 3.11. The second kappa shape index (κ2) is 8.15. The Kier molecular flexibility index (Phi) is 5.03. The van der Waals surface area contributed by atoms with Crippen LogP contribution >= 0.6 is 0 Å². The average molecular weight is 422 g/mol. The molecule has 2 aliphatic rings. The van der Waals surface area contributed by atoms with Gasteiger partial charge in [0.05, 0.1) is 11.1 Å². The van der Waals surface area contributed by atoms with Gasteiger partial charge >= 0.3 is 0 Å². The number of amides is 1. The summed E-state index contributed by atoms with van der Waals surface area (Å²) in [7, 11) is 0. The number of para-hydroxylation sites is 1. The van der Waals surface area contributed by atoms with Gasteiger partial charge in [0.15, 0.2) is 0 Å². The Hall–Kier alpha value is -4.19. The number of nitrogens with one attached hydrogen (secondary N) is 1. The first kappa shape index (κ1) is 19.8. The molecule has 0 fully saturated rings. The molecule has 2 aliphatic heterocycles. The lowest BCUT2D eigenvalue weighted by Gasteiger charge is -2.13. The van der Waals surface area contributed by atoms with E-state index in [1.54, 1.807) is 0 Å². The Labute approximate surface area is 185 Å². The van der Waals surface area contributed by atoms with Crippen molar-refractivity contribution >= 4 is 22.5 Å². The Morgan fingerprint density at radius 3 is 2.44 bits per heavy atom. The number of rotatable bonds is 5. The van der Waals surface area contributed by atoms with Crippen molar-refractivity contribution in [2.45, 2.75) is 20.0 Å². The van der Waals surface area contributed by atoms with Gasteiger partial charge in [0.1, 0.15) is 12.2 Å². The van der Waals surface area contributed by atoms with Crippen LogP contribution in [0.2, 0.25) is 0 Å². The number of fused-ring (bicyclic) bond motifs is 3. The first-order valence-corrected chi connectivity index (χ1v) is 10.5. The number of hydrogen-bond donors (Lipinski definition) is 1. The van der Waals surface area contributed by atoms with E-state index >= 15 is 0 Å². The first-order chi connectivity index (χ1) is 15.6. The number of aryl methyl sites for hydroxylation is 1. The second-order valence-electron chi connectivity index (χ2n) is 7.90. The van der Waals surface area contributed by atoms with Gasteiger partial charge in [-0.3, -0.25) is 9.59 Å². The van der Waals surface area contributed by atoms with E-state index in [4.69, 9.17) is 0 Å². The number of carbonyl (C=O) groups excluding carboxylic acids is 1. The monoisotopic (exact) mass is 422 g/mol. The van der Waals surface area contributed by atoms with Crippen LogP contribution in [0.15, 0.2) is 89.9 Å². The van der Waals surface area contributed by atoms with Crippen LogP contribution in [0.3, 0.4) is 0 Å². The van der Waals surface area contributed by atoms with Crippen molar-refractivity contribution < 1.29 is 4.79 Å². The zero-order valence-electron chi connectivity index (χ0n) is 17.7. The van der Waals surface area contributed by atoms with E-state index < -0.39 is 0 Å². The zero-order chi connectivity index (χ0) is 22.1. The van der Waals surface area contributed by atoms with Gasteiger partial charge in [0, 0.05) is 23.8 Å². The fraction of sp³-hybridized carbons (Fsp3) is 0.115. The van der Waals surface area contributed by atoms with Gasteiger partial charge in [-0.1, -0.05) is 66.2 Å². The van der Waals surface area contributed by atoms with Crippen molar-refractivity contribution in [3.63, 3.8) is 0 Å². The Morgan fingerprint density at radius 1 is 0.938 bits per heavy atom. The maximum atomic E-state index is 13.1. The van der Waals surface area contributed by atoms with Gasteiger partial charge in [-0.15, -0.1) is 0 Å². The number of anilines is 1. The fourth-order valence-corrected chi connectivity index (χ4v) is 3.92. The molecule has 0 aliphatic carbocycles. The van der Waals surface area contributed by atoms with Gasteiger partial charge in [-0.05, 0) is 30.7 Å². The van der Waals surface area contributed by atoms with Crippen LogP contribution in [0.1, 0.15) is 11.1 Å². The Balaban J connectivity index is 1.52. The van der Waals surface area contributed by atoms with Crippen molar-refractivity contribution in [1.29, 1.82) is 0 Å². The van der Waals surface area contributed by atoms with E-state index in [2.05, 4.69) is 27.1 Å². The zero-order valence-corrected chi connectivity index (χ0v) is 17.7. The molecule has 0 atom stereocenters. The predicted molar refractivity (Wildman–Crippen MR) is 126 cm³/mol. The summed E-state index contributed by atoms with van der Waals surface area (Å²) in [5.41, 5.74) is 4.76. The van der Waals surface area contributed by atoms with Crippen molar-refractivity contribution in [2.24, 2.45) is 0 Å². The van der Waals surface area contributed by atoms with Crippen molar-refractivity contribution in [1.82, 2.24) is 14.3 Å². The van der Waals surface area contributed by atoms with Crippen LogP contribution in [-0.2, 0) is 17.9 Å². The molecular formula is C26H22N4O2. The highest BCUT2D eigenvalue weighted by molar-refractivity contribution is 5.94. The second-order valence-corrected chi connectivity index (χ2v) is 7.90. The quantitative estimate of drug-likeness (QED) is 0.459. The summed E-state index contributed by atoms with van der Waals surface area (Å²) in [6, 6.07) is 25.5. The number of carbonyl (C=O) groups is 1. The van der Waals surface area contributed by atoms with Crippen LogP contribution in [0.5, 0.6) is 0 Å². The predicted octanol–water partition coefficient (Wildman–Crippen LogP) is 4.30. The minimum Gasteiger partial charge on any atom is -0.342 e. The maximum Gasteiger partial charge on any atom is 0.278 e. The molecule has 158 valence electrons. The van der Waals surface area contributed by atoms with Crippen molar-refractivity contribution in [3.05, 3.63) is 107 Å². The number of pyridine rings is 1. The molecular weight excluding hydrogens is 400 g/mol. The summed E-state index contributed by atoms with van der Waals surface area (Å²) in [4.78, 5) is 25.7. The van der Waals surface area contributed by atoms with Crippen LogP contribution < -0.4 is 10.9 Å². The maximum absolute atomic E-state index is 13.1. The lowest BCUT2D eigenvalue weighted by atomic mass is 10.1. The van der Waals surface area contributed by atoms with E-state index in [-0.39, 0.29) is 18.0 Å². The van der Waals surface area contributed by atoms with E-state index in [0.717, 1.165) is 22.0 Å². The molecule has 32 heavy (non-hydrogen) atoms.